The molecule has 0 aliphatic rings. The highest BCUT2D eigenvalue weighted by molar-refractivity contribution is 5.93. The summed E-state index contributed by atoms with van der Waals surface area (Å²) in [6.07, 6.45) is -0.0384. The van der Waals surface area contributed by atoms with E-state index in [1.165, 1.54) is 0 Å². The fourth-order valence-electron chi connectivity index (χ4n) is 2.60. The minimum Gasteiger partial charge on any atom is -0.483 e. The molecule has 0 radical (unpaired) electrons. The molecule has 0 aliphatic heterocycles. The van der Waals surface area contributed by atoms with E-state index in [4.69, 9.17) is 4.74 Å². The molecule has 0 aliphatic carbocycles. The first kappa shape index (κ1) is 21.9. The van der Waals surface area contributed by atoms with Gasteiger partial charge in [0.1, 0.15) is 5.75 Å². The molecular weight excluding hydrogens is 370 g/mol. The first-order valence-electron chi connectivity index (χ1n) is 9.51. The van der Waals surface area contributed by atoms with Crippen molar-refractivity contribution in [1.29, 1.82) is 0 Å². The highest BCUT2D eigenvalue weighted by atomic mass is 16.5. The lowest BCUT2D eigenvalue weighted by molar-refractivity contribution is -0.130. The number of nitrogens with one attached hydrogen (secondary N) is 3. The third kappa shape index (κ3) is 7.65. The molecule has 7 nitrogen and oxygen atoms in total. The number of ether oxygens (including phenoxy) is 1. The average Bonchev–Trinajstić information content (AvgIpc) is 2.69. The smallest absolute Gasteiger partial charge is 0.276 e. The highest BCUT2D eigenvalue weighted by Gasteiger charge is 2.12. The molecule has 2 rings (SSSR count). The molecule has 2 aromatic carbocycles. The van der Waals surface area contributed by atoms with Crippen molar-refractivity contribution in [3.05, 3.63) is 59.7 Å². The third-order valence-electron chi connectivity index (χ3n) is 4.13. The lowest BCUT2D eigenvalue weighted by atomic mass is 10.0. The summed E-state index contributed by atoms with van der Waals surface area (Å²) in [5, 5.41) is 2.69. The van der Waals surface area contributed by atoms with Crippen LogP contribution < -0.4 is 20.9 Å². The van der Waals surface area contributed by atoms with E-state index in [0.29, 0.717) is 11.4 Å². The van der Waals surface area contributed by atoms with Crippen LogP contribution in [0, 0.1) is 6.92 Å². The standard InChI is InChI=1S/C22H27N3O4/c1-15(2)18-10-9-16(3)13-19(18)29-14-22(28)25-24-21(27)12-11-20(26)23-17-7-5-4-6-8-17/h4-10,13,15H,11-12,14H2,1-3H3,(H,23,26)(H,24,27)(H,25,28). The SMILES string of the molecule is Cc1ccc(C(C)C)c(OCC(=O)NNC(=O)CCC(=O)Nc2ccccc2)c1. The van der Waals surface area contributed by atoms with Gasteiger partial charge in [-0.15, -0.1) is 0 Å². The molecular formula is C22H27N3O4. The van der Waals surface area contributed by atoms with E-state index < -0.39 is 11.8 Å². The number of anilines is 1. The Morgan fingerprint density at radius 1 is 0.897 bits per heavy atom. The van der Waals surface area contributed by atoms with E-state index in [1.54, 1.807) is 24.3 Å². The van der Waals surface area contributed by atoms with Crippen LogP contribution in [0.15, 0.2) is 48.5 Å². The van der Waals surface area contributed by atoms with Crippen molar-refractivity contribution in [2.75, 3.05) is 11.9 Å². The molecule has 3 amide bonds. The Labute approximate surface area is 170 Å². The number of hydrogen-bond donors (Lipinski definition) is 3. The fourth-order valence-corrected chi connectivity index (χ4v) is 2.60. The molecule has 2 aromatic rings. The molecule has 3 N–H and O–H groups in total. The molecule has 0 unspecified atom stereocenters. The largest absolute Gasteiger partial charge is 0.483 e. The van der Waals surface area contributed by atoms with Crippen LogP contribution >= 0.6 is 0 Å². The maximum atomic E-state index is 11.9. The number of hydrazine groups is 1. The van der Waals surface area contributed by atoms with Gasteiger partial charge in [-0.1, -0.05) is 44.2 Å². The summed E-state index contributed by atoms with van der Waals surface area (Å²) in [4.78, 5) is 35.6. The maximum Gasteiger partial charge on any atom is 0.276 e. The van der Waals surface area contributed by atoms with E-state index in [9.17, 15) is 14.4 Å². The molecule has 0 fully saturated rings. The van der Waals surface area contributed by atoms with Crippen LogP contribution in [-0.2, 0) is 14.4 Å². The second kappa shape index (κ2) is 10.8. The van der Waals surface area contributed by atoms with Crippen LogP contribution in [0.1, 0.15) is 43.7 Å². The molecule has 0 heterocycles. The monoisotopic (exact) mass is 397 g/mol. The zero-order valence-corrected chi connectivity index (χ0v) is 17.0. The van der Waals surface area contributed by atoms with Crippen molar-refractivity contribution in [3.8, 4) is 5.75 Å². The number of benzene rings is 2. The van der Waals surface area contributed by atoms with Crippen LogP contribution in [0.2, 0.25) is 0 Å². The van der Waals surface area contributed by atoms with E-state index in [1.807, 2.05) is 45.0 Å². The first-order chi connectivity index (χ1) is 13.8. The molecule has 0 bridgehead atoms. The third-order valence-corrected chi connectivity index (χ3v) is 4.13. The van der Waals surface area contributed by atoms with Crippen molar-refractivity contribution < 1.29 is 19.1 Å². The van der Waals surface area contributed by atoms with Gasteiger partial charge in [-0.2, -0.15) is 0 Å². The zero-order valence-electron chi connectivity index (χ0n) is 17.0. The molecule has 0 saturated heterocycles. The average molecular weight is 397 g/mol. The van der Waals surface area contributed by atoms with Crippen molar-refractivity contribution in [2.24, 2.45) is 0 Å². The van der Waals surface area contributed by atoms with E-state index >= 15 is 0 Å². The van der Waals surface area contributed by atoms with Crippen molar-refractivity contribution in [2.45, 2.75) is 39.5 Å². The number of carbonyl (C=O) groups excluding carboxylic acids is 3. The highest BCUT2D eigenvalue weighted by Crippen LogP contribution is 2.27. The van der Waals surface area contributed by atoms with Gasteiger partial charge >= 0.3 is 0 Å². The van der Waals surface area contributed by atoms with Crippen molar-refractivity contribution in [1.82, 2.24) is 10.9 Å². The summed E-state index contributed by atoms with van der Waals surface area (Å²) in [6, 6.07) is 14.8. The van der Waals surface area contributed by atoms with Crippen LogP contribution in [0.25, 0.3) is 0 Å². The second-order valence-corrected chi connectivity index (χ2v) is 7.00. The minimum absolute atomic E-state index is 0.00807. The lowest BCUT2D eigenvalue weighted by Gasteiger charge is -2.15. The van der Waals surface area contributed by atoms with Gasteiger partial charge in [0.25, 0.3) is 5.91 Å². The van der Waals surface area contributed by atoms with Crippen LogP contribution in [0.4, 0.5) is 5.69 Å². The number of amides is 3. The Balaban J connectivity index is 1.70. The number of hydrogen-bond acceptors (Lipinski definition) is 4. The van der Waals surface area contributed by atoms with Gasteiger partial charge in [-0.05, 0) is 42.2 Å². The summed E-state index contributed by atoms with van der Waals surface area (Å²) in [7, 11) is 0. The fraction of sp³-hybridized carbons (Fsp3) is 0.318. The predicted molar refractivity (Wildman–Crippen MR) is 111 cm³/mol. The molecule has 154 valence electrons. The quantitative estimate of drug-likeness (QED) is 0.597. The zero-order chi connectivity index (χ0) is 21.2. The van der Waals surface area contributed by atoms with Gasteiger partial charge in [0, 0.05) is 18.5 Å². The normalized spacial score (nSPS) is 10.3. The van der Waals surface area contributed by atoms with Crippen molar-refractivity contribution in [3.63, 3.8) is 0 Å². The van der Waals surface area contributed by atoms with Crippen molar-refractivity contribution >= 4 is 23.4 Å². The molecule has 0 spiro atoms. The summed E-state index contributed by atoms with van der Waals surface area (Å²) >= 11 is 0. The Morgan fingerprint density at radius 2 is 1.55 bits per heavy atom. The maximum absolute atomic E-state index is 11.9. The van der Waals surface area contributed by atoms with Crippen LogP contribution in [0.3, 0.4) is 0 Å². The Bertz CT molecular complexity index is 850. The number of carbonyl (C=O) groups is 3. The van der Waals surface area contributed by atoms with Gasteiger partial charge in [0.15, 0.2) is 6.61 Å². The number of rotatable bonds is 8. The summed E-state index contributed by atoms with van der Waals surface area (Å²) in [5.41, 5.74) is 7.29. The second-order valence-electron chi connectivity index (χ2n) is 7.00. The number of aryl methyl sites for hydroxylation is 1. The van der Waals surface area contributed by atoms with Gasteiger partial charge < -0.3 is 10.1 Å². The Hall–Kier alpha value is -3.35. The van der Waals surface area contributed by atoms with Gasteiger partial charge in [0.2, 0.25) is 11.8 Å². The summed E-state index contributed by atoms with van der Waals surface area (Å²) in [5.74, 6) is -0.306. The minimum atomic E-state index is -0.483. The molecule has 7 heteroatoms. The van der Waals surface area contributed by atoms with E-state index in [2.05, 4.69) is 16.2 Å². The van der Waals surface area contributed by atoms with Gasteiger partial charge in [-0.25, -0.2) is 0 Å². The van der Waals surface area contributed by atoms with Gasteiger partial charge in [0.05, 0.1) is 0 Å². The first-order valence-corrected chi connectivity index (χ1v) is 9.51. The molecule has 0 aromatic heterocycles. The number of para-hydroxylation sites is 1. The molecule has 0 saturated carbocycles. The van der Waals surface area contributed by atoms with Gasteiger partial charge in [-0.3, -0.25) is 25.2 Å². The van der Waals surface area contributed by atoms with E-state index in [-0.39, 0.29) is 31.3 Å². The topological polar surface area (TPSA) is 96.5 Å². The molecule has 29 heavy (non-hydrogen) atoms. The Morgan fingerprint density at radius 3 is 2.24 bits per heavy atom. The molecule has 0 atom stereocenters. The summed E-state index contributed by atoms with van der Waals surface area (Å²) in [6.45, 7) is 5.82. The van der Waals surface area contributed by atoms with E-state index in [0.717, 1.165) is 11.1 Å². The summed E-state index contributed by atoms with van der Waals surface area (Å²) < 4.78 is 5.61. The van der Waals surface area contributed by atoms with Crippen LogP contribution in [-0.4, -0.2) is 24.3 Å². The lowest BCUT2D eigenvalue weighted by Crippen LogP contribution is -2.44. The Kier molecular flexibility index (Phi) is 8.21. The van der Waals surface area contributed by atoms with Crippen LogP contribution in [0.5, 0.6) is 5.75 Å². The predicted octanol–water partition coefficient (Wildman–Crippen LogP) is 3.06.